The van der Waals surface area contributed by atoms with Gasteiger partial charge in [0.1, 0.15) is 5.75 Å². The zero-order chi connectivity index (χ0) is 20.4. The number of amides is 1. The van der Waals surface area contributed by atoms with Crippen molar-refractivity contribution < 1.29 is 19.1 Å². The first-order valence-corrected chi connectivity index (χ1v) is 9.11. The molecule has 0 spiro atoms. The number of hydrogen-bond donors (Lipinski definition) is 0. The van der Waals surface area contributed by atoms with Crippen LogP contribution >= 0.6 is 0 Å². The predicted octanol–water partition coefficient (Wildman–Crippen LogP) is 3.51. The number of rotatable bonds is 9. The largest absolute Gasteiger partial charge is 0.496 e. The van der Waals surface area contributed by atoms with E-state index >= 15 is 0 Å². The Morgan fingerprint density at radius 2 is 1.79 bits per heavy atom. The van der Waals surface area contributed by atoms with Gasteiger partial charge < -0.3 is 14.4 Å². The lowest BCUT2D eigenvalue weighted by molar-refractivity contribution is -0.153. The Kier molecular flexibility index (Phi) is 8.04. The van der Waals surface area contributed by atoms with Crippen molar-refractivity contribution in [2.24, 2.45) is 0 Å². The van der Waals surface area contributed by atoms with Gasteiger partial charge in [-0.1, -0.05) is 36.4 Å². The number of carbonyl (C=O) groups is 2. The third-order valence-electron chi connectivity index (χ3n) is 4.23. The van der Waals surface area contributed by atoms with E-state index in [4.69, 9.17) is 14.7 Å². The summed E-state index contributed by atoms with van der Waals surface area (Å²) in [6, 6.07) is 18.5. The van der Waals surface area contributed by atoms with Gasteiger partial charge in [-0.15, -0.1) is 0 Å². The van der Waals surface area contributed by atoms with Crippen LogP contribution in [0.1, 0.15) is 25.3 Å². The van der Waals surface area contributed by atoms with Crippen LogP contribution in [0.15, 0.2) is 54.6 Å². The van der Waals surface area contributed by atoms with Crippen LogP contribution in [-0.4, -0.2) is 31.6 Å². The maximum atomic E-state index is 12.8. The monoisotopic (exact) mass is 380 g/mol. The maximum Gasteiger partial charge on any atom is 0.306 e. The smallest absolute Gasteiger partial charge is 0.306 e. The molecule has 1 atom stereocenters. The van der Waals surface area contributed by atoms with Crippen LogP contribution in [0.3, 0.4) is 0 Å². The summed E-state index contributed by atoms with van der Waals surface area (Å²) in [7, 11) is 1.58. The summed E-state index contributed by atoms with van der Waals surface area (Å²) >= 11 is 0. The van der Waals surface area contributed by atoms with Gasteiger partial charge in [0.2, 0.25) is 0 Å². The first-order chi connectivity index (χ1) is 13.6. The summed E-state index contributed by atoms with van der Waals surface area (Å²) in [6.45, 7) is 1.79. The molecule has 2 aromatic carbocycles. The molecule has 1 unspecified atom stereocenters. The van der Waals surface area contributed by atoms with Crippen molar-refractivity contribution in [3.8, 4) is 11.8 Å². The van der Waals surface area contributed by atoms with Crippen LogP contribution in [-0.2, 0) is 20.7 Å². The van der Waals surface area contributed by atoms with Crippen molar-refractivity contribution in [3.63, 3.8) is 0 Å². The summed E-state index contributed by atoms with van der Waals surface area (Å²) in [4.78, 5) is 26.5. The minimum absolute atomic E-state index is 0.140. The molecular weight excluding hydrogens is 356 g/mol. The van der Waals surface area contributed by atoms with Gasteiger partial charge in [0.15, 0.2) is 6.10 Å². The normalized spacial score (nSPS) is 11.2. The van der Waals surface area contributed by atoms with Crippen LogP contribution in [0.4, 0.5) is 5.69 Å². The molecule has 146 valence electrons. The van der Waals surface area contributed by atoms with E-state index in [1.54, 1.807) is 26.2 Å². The molecule has 0 radical (unpaired) electrons. The van der Waals surface area contributed by atoms with Gasteiger partial charge in [0.05, 0.1) is 19.6 Å². The number of esters is 1. The molecule has 28 heavy (non-hydrogen) atoms. The lowest BCUT2D eigenvalue weighted by Crippen LogP contribution is -2.40. The number of nitrogens with zero attached hydrogens (tertiary/aromatic N) is 2. The van der Waals surface area contributed by atoms with Crippen molar-refractivity contribution >= 4 is 17.6 Å². The van der Waals surface area contributed by atoms with Crippen LogP contribution in [0.25, 0.3) is 0 Å². The number of nitriles is 1. The van der Waals surface area contributed by atoms with Crippen LogP contribution in [0, 0.1) is 11.3 Å². The molecule has 0 aliphatic rings. The number of methoxy groups -OCH3 is 1. The fourth-order valence-corrected chi connectivity index (χ4v) is 2.81. The van der Waals surface area contributed by atoms with Crippen molar-refractivity contribution in [1.29, 1.82) is 5.26 Å². The van der Waals surface area contributed by atoms with Crippen LogP contribution < -0.4 is 9.64 Å². The summed E-state index contributed by atoms with van der Waals surface area (Å²) < 4.78 is 10.6. The molecule has 2 rings (SSSR count). The Balaban J connectivity index is 1.97. The van der Waals surface area contributed by atoms with E-state index in [0.29, 0.717) is 17.9 Å². The van der Waals surface area contributed by atoms with Gasteiger partial charge in [0.25, 0.3) is 5.91 Å². The summed E-state index contributed by atoms with van der Waals surface area (Å²) in [6.07, 6.45) is -0.152. The Hall–Kier alpha value is -3.33. The Morgan fingerprint density at radius 3 is 2.46 bits per heavy atom. The molecule has 0 aromatic heterocycles. The van der Waals surface area contributed by atoms with E-state index in [1.807, 2.05) is 48.5 Å². The van der Waals surface area contributed by atoms with Gasteiger partial charge in [-0.3, -0.25) is 9.59 Å². The second kappa shape index (κ2) is 10.7. The Morgan fingerprint density at radius 1 is 1.11 bits per heavy atom. The van der Waals surface area contributed by atoms with Crippen molar-refractivity contribution in [3.05, 3.63) is 60.2 Å². The van der Waals surface area contributed by atoms with E-state index in [9.17, 15) is 9.59 Å². The highest BCUT2D eigenvalue weighted by Gasteiger charge is 2.25. The molecule has 0 fully saturated rings. The van der Waals surface area contributed by atoms with E-state index in [-0.39, 0.29) is 25.3 Å². The zero-order valence-corrected chi connectivity index (χ0v) is 16.1. The van der Waals surface area contributed by atoms with E-state index < -0.39 is 12.1 Å². The number of aryl methyl sites for hydroxylation is 1. The molecule has 0 N–H and O–H groups in total. The molecular formula is C22H24N2O4. The highest BCUT2D eigenvalue weighted by atomic mass is 16.5. The first kappa shape index (κ1) is 21.0. The van der Waals surface area contributed by atoms with Crippen LogP contribution in [0.2, 0.25) is 0 Å². The molecule has 1 amide bonds. The lowest BCUT2D eigenvalue weighted by Gasteiger charge is -2.25. The number of carbonyl (C=O) groups excluding carboxylic acids is 2. The predicted molar refractivity (Wildman–Crippen MR) is 106 cm³/mol. The quantitative estimate of drug-likeness (QED) is 0.622. The van der Waals surface area contributed by atoms with Gasteiger partial charge >= 0.3 is 5.97 Å². The molecule has 0 aliphatic heterocycles. The van der Waals surface area contributed by atoms with E-state index in [1.165, 1.54) is 4.90 Å². The average Bonchev–Trinajstić information content (AvgIpc) is 2.73. The van der Waals surface area contributed by atoms with Crippen molar-refractivity contribution in [2.45, 2.75) is 32.3 Å². The van der Waals surface area contributed by atoms with Gasteiger partial charge in [-0.25, -0.2) is 0 Å². The molecule has 0 bridgehead atoms. The fourth-order valence-electron chi connectivity index (χ4n) is 2.81. The topological polar surface area (TPSA) is 79.6 Å². The molecule has 6 nitrogen and oxygen atoms in total. The minimum Gasteiger partial charge on any atom is -0.496 e. The number of benzene rings is 2. The third kappa shape index (κ3) is 5.85. The van der Waals surface area contributed by atoms with Crippen LogP contribution in [0.5, 0.6) is 5.75 Å². The molecule has 6 heteroatoms. The number of ether oxygens (including phenoxy) is 2. The molecule has 2 aromatic rings. The average molecular weight is 380 g/mol. The molecule has 0 heterocycles. The van der Waals surface area contributed by atoms with Gasteiger partial charge in [-0.2, -0.15) is 5.26 Å². The summed E-state index contributed by atoms with van der Waals surface area (Å²) in [5, 5.41) is 8.87. The van der Waals surface area contributed by atoms with Crippen molar-refractivity contribution in [2.75, 3.05) is 18.6 Å². The molecule has 0 saturated heterocycles. The third-order valence-corrected chi connectivity index (χ3v) is 4.23. The number of para-hydroxylation sites is 2. The summed E-state index contributed by atoms with van der Waals surface area (Å²) in [5.41, 5.74) is 1.57. The highest BCUT2D eigenvalue weighted by molar-refractivity contribution is 5.97. The highest BCUT2D eigenvalue weighted by Crippen LogP contribution is 2.20. The second-order valence-corrected chi connectivity index (χ2v) is 6.18. The zero-order valence-electron chi connectivity index (χ0n) is 16.1. The summed E-state index contributed by atoms with van der Waals surface area (Å²) in [5.74, 6) is -0.0988. The number of hydrogen-bond acceptors (Lipinski definition) is 5. The SMILES string of the molecule is COc1ccccc1CCC(=O)OC(C)C(=O)N(CCC#N)c1ccccc1. The minimum atomic E-state index is -0.941. The van der Waals surface area contributed by atoms with Gasteiger partial charge in [-0.05, 0) is 37.1 Å². The van der Waals surface area contributed by atoms with Gasteiger partial charge in [0, 0.05) is 18.7 Å². The standard InChI is InChI=1S/C22H24N2O4/c1-17(22(26)24(16-8-15-23)19-10-4-3-5-11-19)28-21(25)14-13-18-9-6-7-12-20(18)27-2/h3-7,9-12,17H,8,13-14,16H2,1-2H3. The maximum absolute atomic E-state index is 12.8. The van der Waals surface area contributed by atoms with E-state index in [2.05, 4.69) is 0 Å². The number of anilines is 1. The molecule has 0 saturated carbocycles. The Bertz CT molecular complexity index is 830. The molecule has 0 aliphatic carbocycles. The first-order valence-electron chi connectivity index (χ1n) is 9.11. The van der Waals surface area contributed by atoms with Crippen molar-refractivity contribution in [1.82, 2.24) is 0 Å². The van der Waals surface area contributed by atoms with E-state index in [0.717, 1.165) is 5.56 Å². The lowest BCUT2D eigenvalue weighted by atomic mass is 10.1. The fraction of sp³-hybridized carbons (Fsp3) is 0.318. The Labute approximate surface area is 165 Å². The second-order valence-electron chi connectivity index (χ2n) is 6.18.